The summed E-state index contributed by atoms with van der Waals surface area (Å²) < 4.78 is 0. The predicted molar refractivity (Wildman–Crippen MR) is 84.8 cm³/mol. The van der Waals surface area contributed by atoms with Gasteiger partial charge in [-0.05, 0) is 41.9 Å². The highest BCUT2D eigenvalue weighted by Crippen LogP contribution is 2.23. The Bertz CT molecular complexity index is 493. The predicted octanol–water partition coefficient (Wildman–Crippen LogP) is 4.74. The topological polar surface area (TPSA) is 12.0 Å². The van der Waals surface area contributed by atoms with Crippen molar-refractivity contribution in [3.63, 3.8) is 0 Å². The summed E-state index contributed by atoms with van der Waals surface area (Å²) in [5.74, 6) is 0.976. The summed E-state index contributed by atoms with van der Waals surface area (Å²) in [6.07, 6.45) is 0. The van der Waals surface area contributed by atoms with Crippen LogP contribution in [-0.2, 0) is 12.3 Å². The number of thioether (sulfide) groups is 1. The van der Waals surface area contributed by atoms with Crippen molar-refractivity contribution in [2.45, 2.75) is 24.1 Å². The molecule has 2 rings (SSSR count). The molecule has 0 aliphatic heterocycles. The standard InChI is InChI=1S/C16H18ClNS/c1-2-18-11-13-5-9-16(10-6-13)19-12-14-3-7-15(17)8-4-14/h3-10,18H,2,11-12H2,1H3. The molecule has 3 heteroatoms. The first-order chi connectivity index (χ1) is 9.28. The summed E-state index contributed by atoms with van der Waals surface area (Å²) in [5, 5.41) is 4.12. The fourth-order valence-electron chi connectivity index (χ4n) is 1.72. The van der Waals surface area contributed by atoms with Gasteiger partial charge in [0, 0.05) is 22.2 Å². The molecule has 100 valence electrons. The van der Waals surface area contributed by atoms with Gasteiger partial charge in [0.05, 0.1) is 0 Å². The molecule has 0 bridgehead atoms. The third kappa shape index (κ3) is 4.90. The lowest BCUT2D eigenvalue weighted by Gasteiger charge is -2.05. The Morgan fingerprint density at radius 2 is 1.58 bits per heavy atom. The highest BCUT2D eigenvalue weighted by Gasteiger charge is 1.98. The van der Waals surface area contributed by atoms with E-state index in [-0.39, 0.29) is 0 Å². The zero-order valence-electron chi connectivity index (χ0n) is 11.0. The molecule has 0 atom stereocenters. The summed E-state index contributed by atoms with van der Waals surface area (Å²) in [5.41, 5.74) is 2.63. The number of nitrogens with one attached hydrogen (secondary N) is 1. The minimum atomic E-state index is 0.793. The quantitative estimate of drug-likeness (QED) is 0.771. The van der Waals surface area contributed by atoms with E-state index in [1.807, 2.05) is 23.9 Å². The molecule has 0 heterocycles. The van der Waals surface area contributed by atoms with Gasteiger partial charge in [-0.25, -0.2) is 0 Å². The van der Waals surface area contributed by atoms with E-state index in [4.69, 9.17) is 11.6 Å². The zero-order chi connectivity index (χ0) is 13.5. The molecule has 0 fully saturated rings. The fourth-order valence-corrected chi connectivity index (χ4v) is 2.70. The SMILES string of the molecule is CCNCc1ccc(SCc2ccc(Cl)cc2)cc1. The Hall–Kier alpha value is -0.960. The van der Waals surface area contributed by atoms with Crippen LogP contribution in [0.3, 0.4) is 0 Å². The minimum absolute atomic E-state index is 0.793. The second-order valence-electron chi connectivity index (χ2n) is 4.34. The van der Waals surface area contributed by atoms with Crippen molar-refractivity contribution >= 4 is 23.4 Å². The van der Waals surface area contributed by atoms with Gasteiger partial charge in [-0.2, -0.15) is 0 Å². The number of benzene rings is 2. The number of halogens is 1. The van der Waals surface area contributed by atoms with Gasteiger partial charge >= 0.3 is 0 Å². The molecule has 0 amide bonds. The van der Waals surface area contributed by atoms with Crippen LogP contribution in [0.5, 0.6) is 0 Å². The molecule has 19 heavy (non-hydrogen) atoms. The van der Waals surface area contributed by atoms with Gasteiger partial charge in [0.15, 0.2) is 0 Å². The van der Waals surface area contributed by atoms with E-state index >= 15 is 0 Å². The molecular weight excluding hydrogens is 274 g/mol. The van der Waals surface area contributed by atoms with E-state index in [9.17, 15) is 0 Å². The molecule has 0 saturated heterocycles. The Morgan fingerprint density at radius 3 is 2.21 bits per heavy atom. The van der Waals surface area contributed by atoms with E-state index in [0.29, 0.717) is 0 Å². The normalized spacial score (nSPS) is 10.6. The van der Waals surface area contributed by atoms with Gasteiger partial charge in [0.1, 0.15) is 0 Å². The first kappa shape index (κ1) is 14.4. The third-order valence-electron chi connectivity index (χ3n) is 2.82. The first-order valence-corrected chi connectivity index (χ1v) is 7.81. The third-order valence-corrected chi connectivity index (χ3v) is 4.16. The van der Waals surface area contributed by atoms with Crippen LogP contribution in [0.2, 0.25) is 5.02 Å². The van der Waals surface area contributed by atoms with Crippen LogP contribution in [0.25, 0.3) is 0 Å². The van der Waals surface area contributed by atoms with Crippen molar-refractivity contribution in [3.05, 3.63) is 64.7 Å². The molecule has 0 aliphatic carbocycles. The van der Waals surface area contributed by atoms with Crippen LogP contribution in [-0.4, -0.2) is 6.54 Å². The van der Waals surface area contributed by atoms with E-state index in [2.05, 4.69) is 48.6 Å². The molecule has 1 nitrogen and oxygen atoms in total. The fraction of sp³-hybridized carbons (Fsp3) is 0.250. The first-order valence-electron chi connectivity index (χ1n) is 6.45. The molecular formula is C16H18ClNS. The minimum Gasteiger partial charge on any atom is -0.313 e. The summed E-state index contributed by atoms with van der Waals surface area (Å²) >= 11 is 7.72. The van der Waals surface area contributed by atoms with E-state index in [1.165, 1.54) is 16.0 Å². The van der Waals surface area contributed by atoms with Crippen LogP contribution in [0.15, 0.2) is 53.4 Å². The Balaban J connectivity index is 1.87. The molecule has 1 N–H and O–H groups in total. The summed E-state index contributed by atoms with van der Waals surface area (Å²) in [7, 11) is 0. The molecule has 0 unspecified atom stereocenters. The van der Waals surface area contributed by atoms with Crippen molar-refractivity contribution < 1.29 is 0 Å². The van der Waals surface area contributed by atoms with E-state index in [0.717, 1.165) is 23.9 Å². The molecule has 0 saturated carbocycles. The lowest BCUT2D eigenvalue weighted by Crippen LogP contribution is -2.11. The van der Waals surface area contributed by atoms with E-state index < -0.39 is 0 Å². The Morgan fingerprint density at radius 1 is 0.947 bits per heavy atom. The number of hydrogen-bond acceptors (Lipinski definition) is 2. The molecule has 0 aromatic heterocycles. The maximum absolute atomic E-state index is 5.88. The highest BCUT2D eigenvalue weighted by atomic mass is 35.5. The Labute approximate surface area is 124 Å². The second-order valence-corrected chi connectivity index (χ2v) is 5.82. The van der Waals surface area contributed by atoms with Crippen LogP contribution >= 0.6 is 23.4 Å². The molecule has 0 spiro atoms. The molecule has 0 aliphatic rings. The molecule has 0 radical (unpaired) electrons. The summed E-state index contributed by atoms with van der Waals surface area (Å²) in [4.78, 5) is 1.30. The average Bonchev–Trinajstić information content (AvgIpc) is 2.46. The smallest absolute Gasteiger partial charge is 0.0406 e. The highest BCUT2D eigenvalue weighted by molar-refractivity contribution is 7.98. The van der Waals surface area contributed by atoms with Crippen LogP contribution in [0.4, 0.5) is 0 Å². The van der Waals surface area contributed by atoms with Crippen LogP contribution in [0, 0.1) is 0 Å². The van der Waals surface area contributed by atoms with Gasteiger partial charge in [-0.1, -0.05) is 42.8 Å². The van der Waals surface area contributed by atoms with Gasteiger partial charge in [0.25, 0.3) is 0 Å². The largest absolute Gasteiger partial charge is 0.313 e. The van der Waals surface area contributed by atoms with Crippen LogP contribution in [0.1, 0.15) is 18.1 Å². The van der Waals surface area contributed by atoms with Crippen molar-refractivity contribution in [2.75, 3.05) is 6.54 Å². The average molecular weight is 292 g/mol. The lowest BCUT2D eigenvalue weighted by molar-refractivity contribution is 0.726. The van der Waals surface area contributed by atoms with Crippen LogP contribution < -0.4 is 5.32 Å². The van der Waals surface area contributed by atoms with Crippen molar-refractivity contribution in [2.24, 2.45) is 0 Å². The Kier molecular flexibility index (Phi) is 5.77. The molecule has 2 aromatic carbocycles. The molecule has 2 aromatic rings. The number of rotatable bonds is 6. The van der Waals surface area contributed by atoms with Gasteiger partial charge in [0.2, 0.25) is 0 Å². The lowest BCUT2D eigenvalue weighted by atomic mass is 10.2. The second kappa shape index (κ2) is 7.59. The van der Waals surface area contributed by atoms with E-state index in [1.54, 1.807) is 0 Å². The summed E-state index contributed by atoms with van der Waals surface area (Å²) in [6, 6.07) is 16.8. The number of hydrogen-bond donors (Lipinski definition) is 1. The maximum atomic E-state index is 5.88. The summed E-state index contributed by atoms with van der Waals surface area (Å²) in [6.45, 7) is 4.07. The van der Waals surface area contributed by atoms with Crippen molar-refractivity contribution in [1.29, 1.82) is 0 Å². The zero-order valence-corrected chi connectivity index (χ0v) is 12.6. The van der Waals surface area contributed by atoms with Gasteiger partial charge < -0.3 is 5.32 Å². The monoisotopic (exact) mass is 291 g/mol. The van der Waals surface area contributed by atoms with Crippen molar-refractivity contribution in [1.82, 2.24) is 5.32 Å². The maximum Gasteiger partial charge on any atom is 0.0406 e. The van der Waals surface area contributed by atoms with Gasteiger partial charge in [-0.3, -0.25) is 0 Å². The van der Waals surface area contributed by atoms with Gasteiger partial charge in [-0.15, -0.1) is 11.8 Å². The van der Waals surface area contributed by atoms with Crippen molar-refractivity contribution in [3.8, 4) is 0 Å².